The second kappa shape index (κ2) is 3.59. The smallest absolute Gasteiger partial charge is 0.254 e. The Kier molecular flexibility index (Phi) is 2.71. The number of carbonyl (C=O) groups excluding carboxylic acids is 1. The zero-order valence-corrected chi connectivity index (χ0v) is 7.72. The lowest BCUT2D eigenvalue weighted by Gasteiger charge is -2.10. The topological polar surface area (TPSA) is 20.3 Å². The molecular weight excluding hydrogens is 174 g/mol. The Morgan fingerprint density at radius 1 is 1.58 bits per heavy atom. The van der Waals surface area contributed by atoms with Crippen molar-refractivity contribution in [1.82, 2.24) is 4.90 Å². The first-order chi connectivity index (χ1) is 5.63. The number of amides is 1. The molecule has 0 spiro atoms. The summed E-state index contributed by atoms with van der Waals surface area (Å²) in [5.41, 5.74) is 0.490. The van der Waals surface area contributed by atoms with Gasteiger partial charge in [0.1, 0.15) is 0 Å². The van der Waals surface area contributed by atoms with Crippen molar-refractivity contribution >= 4 is 17.5 Å². The van der Waals surface area contributed by atoms with Crippen LogP contribution in [0.3, 0.4) is 0 Å². The highest BCUT2D eigenvalue weighted by Crippen LogP contribution is 2.15. The molecule has 0 aliphatic heterocycles. The van der Waals surface area contributed by atoms with E-state index in [4.69, 9.17) is 11.6 Å². The van der Waals surface area contributed by atoms with Crippen LogP contribution in [-0.4, -0.2) is 24.9 Å². The maximum Gasteiger partial charge on any atom is 0.254 e. The number of hydrogen-bond acceptors (Lipinski definition) is 1. The Bertz CT molecular complexity index is 296. The quantitative estimate of drug-likeness (QED) is 0.649. The van der Waals surface area contributed by atoms with Crippen LogP contribution in [-0.2, 0) is 0 Å². The van der Waals surface area contributed by atoms with Gasteiger partial charge < -0.3 is 4.90 Å². The van der Waals surface area contributed by atoms with Gasteiger partial charge in [-0.2, -0.15) is 0 Å². The van der Waals surface area contributed by atoms with Crippen LogP contribution in [0, 0.1) is 6.07 Å². The van der Waals surface area contributed by atoms with Gasteiger partial charge in [0, 0.05) is 14.1 Å². The summed E-state index contributed by atoms with van der Waals surface area (Å²) in [6.07, 6.45) is 0. The van der Waals surface area contributed by atoms with Crippen molar-refractivity contribution < 1.29 is 4.79 Å². The van der Waals surface area contributed by atoms with Gasteiger partial charge in [0.25, 0.3) is 5.91 Å². The monoisotopic (exact) mass is 182 g/mol. The lowest BCUT2D eigenvalue weighted by atomic mass is 10.2. The number of hydrogen-bond donors (Lipinski definition) is 0. The van der Waals surface area contributed by atoms with E-state index in [2.05, 4.69) is 6.07 Å². The first-order valence-electron chi connectivity index (χ1n) is 3.50. The molecule has 0 aromatic heterocycles. The van der Waals surface area contributed by atoms with Gasteiger partial charge in [-0.3, -0.25) is 4.79 Å². The lowest BCUT2D eigenvalue weighted by Crippen LogP contribution is -2.21. The molecule has 1 rings (SSSR count). The van der Waals surface area contributed by atoms with Crippen LogP contribution in [0.5, 0.6) is 0 Å². The van der Waals surface area contributed by atoms with Gasteiger partial charge in [0.2, 0.25) is 0 Å². The molecule has 0 aliphatic carbocycles. The fourth-order valence-electron chi connectivity index (χ4n) is 0.816. The molecule has 63 valence electrons. The number of halogens is 1. The summed E-state index contributed by atoms with van der Waals surface area (Å²) in [7, 11) is 3.37. The minimum absolute atomic E-state index is 0.100. The standard InChI is InChI=1S/C9H9ClNO/c1-11(2)9(12)7-5-3-4-6-8(7)10/h4-6H,1-2H3. The summed E-state index contributed by atoms with van der Waals surface area (Å²) in [5, 5.41) is 0.465. The first kappa shape index (κ1) is 9.07. The number of nitrogens with zero attached hydrogens (tertiary/aromatic N) is 1. The van der Waals surface area contributed by atoms with Gasteiger partial charge in [-0.05, 0) is 18.2 Å². The Balaban J connectivity index is 3.03. The van der Waals surface area contributed by atoms with E-state index in [-0.39, 0.29) is 5.91 Å². The number of carbonyl (C=O) groups is 1. The summed E-state index contributed by atoms with van der Waals surface area (Å²) < 4.78 is 0. The van der Waals surface area contributed by atoms with Crippen molar-refractivity contribution in [1.29, 1.82) is 0 Å². The van der Waals surface area contributed by atoms with Crippen molar-refractivity contribution in [2.24, 2.45) is 0 Å². The molecule has 0 aliphatic rings. The van der Waals surface area contributed by atoms with Crippen LogP contribution < -0.4 is 0 Å². The summed E-state index contributed by atoms with van der Waals surface area (Å²) in [4.78, 5) is 12.9. The third-order valence-electron chi connectivity index (χ3n) is 1.45. The highest BCUT2D eigenvalue weighted by Gasteiger charge is 2.10. The van der Waals surface area contributed by atoms with Crippen LogP contribution in [0.15, 0.2) is 18.2 Å². The molecule has 0 saturated carbocycles. The Morgan fingerprint density at radius 2 is 2.25 bits per heavy atom. The Labute approximate surface area is 76.8 Å². The maximum absolute atomic E-state index is 11.4. The third-order valence-corrected chi connectivity index (χ3v) is 1.78. The molecule has 0 N–H and O–H groups in total. The highest BCUT2D eigenvalue weighted by molar-refractivity contribution is 6.33. The molecule has 0 bridgehead atoms. The molecule has 0 saturated heterocycles. The molecule has 3 heteroatoms. The SMILES string of the molecule is CN(C)C(=O)c1c[c]ccc1Cl. The molecular formula is C9H9ClNO. The molecule has 0 unspecified atom stereocenters. The fourth-order valence-corrected chi connectivity index (χ4v) is 1.01. The Hall–Kier alpha value is -1.02. The van der Waals surface area contributed by atoms with E-state index < -0.39 is 0 Å². The van der Waals surface area contributed by atoms with Crippen LogP contribution in [0.1, 0.15) is 10.4 Å². The minimum atomic E-state index is -0.100. The van der Waals surface area contributed by atoms with Crippen molar-refractivity contribution in [2.45, 2.75) is 0 Å². The van der Waals surface area contributed by atoms with Crippen molar-refractivity contribution in [3.05, 3.63) is 34.9 Å². The summed E-state index contributed by atoms with van der Waals surface area (Å²) in [6.45, 7) is 0. The second-order valence-electron chi connectivity index (χ2n) is 2.61. The van der Waals surface area contributed by atoms with E-state index in [0.717, 1.165) is 0 Å². The van der Waals surface area contributed by atoms with Gasteiger partial charge >= 0.3 is 0 Å². The summed E-state index contributed by atoms with van der Waals surface area (Å²) in [6, 6.07) is 7.72. The van der Waals surface area contributed by atoms with Crippen molar-refractivity contribution in [3.8, 4) is 0 Å². The Morgan fingerprint density at radius 3 is 2.75 bits per heavy atom. The van der Waals surface area contributed by atoms with Gasteiger partial charge in [-0.1, -0.05) is 17.7 Å². The maximum atomic E-state index is 11.4. The predicted octanol–water partition coefficient (Wildman–Crippen LogP) is 1.84. The van der Waals surface area contributed by atoms with Crippen LogP contribution in [0.25, 0.3) is 0 Å². The van der Waals surface area contributed by atoms with Crippen LogP contribution in [0.2, 0.25) is 5.02 Å². The second-order valence-corrected chi connectivity index (χ2v) is 3.01. The van der Waals surface area contributed by atoms with Crippen LogP contribution >= 0.6 is 11.6 Å². The van der Waals surface area contributed by atoms with E-state index in [0.29, 0.717) is 10.6 Å². The summed E-state index contributed by atoms with van der Waals surface area (Å²) >= 11 is 5.80. The summed E-state index contributed by atoms with van der Waals surface area (Å²) in [5.74, 6) is -0.100. The van der Waals surface area contributed by atoms with E-state index in [1.807, 2.05) is 0 Å². The molecule has 1 aromatic carbocycles. The lowest BCUT2D eigenvalue weighted by molar-refractivity contribution is 0.0828. The fraction of sp³-hybridized carbons (Fsp3) is 0.222. The minimum Gasteiger partial charge on any atom is -0.345 e. The molecule has 1 amide bonds. The van der Waals surface area contributed by atoms with E-state index in [1.54, 1.807) is 32.3 Å². The average molecular weight is 183 g/mol. The number of benzene rings is 1. The zero-order chi connectivity index (χ0) is 9.14. The largest absolute Gasteiger partial charge is 0.345 e. The average Bonchev–Trinajstić information content (AvgIpc) is 2.04. The highest BCUT2D eigenvalue weighted by atomic mass is 35.5. The van der Waals surface area contributed by atoms with E-state index >= 15 is 0 Å². The molecule has 1 radical (unpaired) electrons. The van der Waals surface area contributed by atoms with Gasteiger partial charge in [-0.15, -0.1) is 0 Å². The van der Waals surface area contributed by atoms with Gasteiger partial charge in [0.15, 0.2) is 0 Å². The van der Waals surface area contributed by atoms with Gasteiger partial charge in [-0.25, -0.2) is 0 Å². The van der Waals surface area contributed by atoms with E-state index in [1.165, 1.54) is 4.90 Å². The molecule has 2 nitrogen and oxygen atoms in total. The molecule has 0 fully saturated rings. The van der Waals surface area contributed by atoms with Gasteiger partial charge in [0.05, 0.1) is 10.6 Å². The normalized spacial score (nSPS) is 9.58. The molecule has 1 aromatic rings. The zero-order valence-electron chi connectivity index (χ0n) is 6.97. The third kappa shape index (κ3) is 1.77. The van der Waals surface area contributed by atoms with E-state index in [9.17, 15) is 4.79 Å². The van der Waals surface area contributed by atoms with Crippen molar-refractivity contribution in [3.63, 3.8) is 0 Å². The molecule has 0 heterocycles. The molecule has 12 heavy (non-hydrogen) atoms. The van der Waals surface area contributed by atoms with Crippen molar-refractivity contribution in [2.75, 3.05) is 14.1 Å². The molecule has 0 atom stereocenters. The first-order valence-corrected chi connectivity index (χ1v) is 3.88. The number of rotatable bonds is 1. The predicted molar refractivity (Wildman–Crippen MR) is 48.3 cm³/mol. The van der Waals surface area contributed by atoms with Crippen LogP contribution in [0.4, 0.5) is 0 Å².